The summed E-state index contributed by atoms with van der Waals surface area (Å²) in [6.45, 7) is 4.26. The van der Waals surface area contributed by atoms with Crippen LogP contribution in [0.2, 0.25) is 0 Å². The Balaban J connectivity index is 2.26. The van der Waals surface area contributed by atoms with Crippen molar-refractivity contribution in [3.8, 4) is 0 Å². The van der Waals surface area contributed by atoms with Crippen molar-refractivity contribution >= 4 is 5.97 Å². The summed E-state index contributed by atoms with van der Waals surface area (Å²) in [5.74, 6) is -0.333. The molecule has 9 heteroatoms. The second-order valence-electron chi connectivity index (χ2n) is 16.1. The molecule has 0 aromatic rings. The smallest absolute Gasteiger partial charge is 0.306 e. The molecule has 1 aliphatic heterocycles. The van der Waals surface area contributed by atoms with Crippen molar-refractivity contribution < 1.29 is 44.2 Å². The van der Waals surface area contributed by atoms with Gasteiger partial charge in [-0.15, -0.1) is 0 Å². The number of hydrogen-bond acceptors (Lipinski definition) is 9. The summed E-state index contributed by atoms with van der Waals surface area (Å²) in [5, 5.41) is 40.2. The van der Waals surface area contributed by atoms with E-state index in [9.17, 15) is 25.2 Å². The van der Waals surface area contributed by atoms with E-state index in [-0.39, 0.29) is 19.2 Å². The van der Waals surface area contributed by atoms with Crippen LogP contribution in [-0.4, -0.2) is 89.6 Å². The van der Waals surface area contributed by atoms with Gasteiger partial charge in [0.1, 0.15) is 30.5 Å². The van der Waals surface area contributed by atoms with E-state index in [1.54, 1.807) is 0 Å². The van der Waals surface area contributed by atoms with E-state index in [1.165, 1.54) is 25.7 Å². The summed E-state index contributed by atoms with van der Waals surface area (Å²) in [7, 11) is 0. The number of allylic oxidation sites excluding steroid dienone is 16. The first-order chi connectivity index (χ1) is 30.4. The molecule has 0 aromatic heterocycles. The van der Waals surface area contributed by atoms with Crippen LogP contribution in [0.25, 0.3) is 0 Å². The van der Waals surface area contributed by atoms with Crippen LogP contribution >= 0.6 is 0 Å². The zero-order valence-electron chi connectivity index (χ0n) is 38.8. The Labute approximate surface area is 377 Å². The maximum Gasteiger partial charge on any atom is 0.306 e. The van der Waals surface area contributed by atoms with Crippen molar-refractivity contribution in [1.82, 2.24) is 0 Å². The molecule has 9 nitrogen and oxygen atoms in total. The average molecular weight is 869 g/mol. The first-order valence-corrected chi connectivity index (χ1v) is 24.3. The van der Waals surface area contributed by atoms with E-state index in [1.807, 2.05) is 0 Å². The van der Waals surface area contributed by atoms with Crippen molar-refractivity contribution in [1.29, 1.82) is 0 Å². The fourth-order valence-corrected chi connectivity index (χ4v) is 6.77. The Morgan fingerprint density at radius 1 is 0.516 bits per heavy atom. The second kappa shape index (κ2) is 43.4. The molecule has 6 unspecified atom stereocenters. The average Bonchev–Trinajstić information content (AvgIpc) is 3.27. The Morgan fingerprint density at radius 2 is 0.935 bits per heavy atom. The summed E-state index contributed by atoms with van der Waals surface area (Å²) in [6.07, 6.45) is 52.9. The van der Waals surface area contributed by atoms with E-state index >= 15 is 0 Å². The van der Waals surface area contributed by atoms with Gasteiger partial charge in [0.2, 0.25) is 0 Å². The Morgan fingerprint density at radius 3 is 1.40 bits per heavy atom. The molecule has 0 aromatic carbocycles. The fourth-order valence-electron chi connectivity index (χ4n) is 6.77. The van der Waals surface area contributed by atoms with Gasteiger partial charge in [0.05, 0.1) is 19.8 Å². The number of carbonyl (C=O) groups excluding carboxylic acids is 1. The zero-order valence-corrected chi connectivity index (χ0v) is 38.8. The van der Waals surface area contributed by atoms with Gasteiger partial charge in [0, 0.05) is 13.0 Å². The van der Waals surface area contributed by atoms with Crippen molar-refractivity contribution in [2.45, 2.75) is 205 Å². The van der Waals surface area contributed by atoms with Gasteiger partial charge in [-0.25, -0.2) is 0 Å². The lowest BCUT2D eigenvalue weighted by Gasteiger charge is -2.39. The lowest BCUT2D eigenvalue weighted by Crippen LogP contribution is -2.59. The van der Waals surface area contributed by atoms with Gasteiger partial charge >= 0.3 is 5.97 Å². The van der Waals surface area contributed by atoms with Crippen LogP contribution in [0.5, 0.6) is 0 Å². The largest absolute Gasteiger partial charge is 0.457 e. The minimum Gasteiger partial charge on any atom is -0.457 e. The highest BCUT2D eigenvalue weighted by Crippen LogP contribution is 2.22. The third-order valence-electron chi connectivity index (χ3n) is 10.5. The van der Waals surface area contributed by atoms with Crippen LogP contribution < -0.4 is 0 Å². The van der Waals surface area contributed by atoms with Gasteiger partial charge in [-0.05, 0) is 89.9 Å². The van der Waals surface area contributed by atoms with Crippen LogP contribution in [0.1, 0.15) is 168 Å². The third-order valence-corrected chi connectivity index (χ3v) is 10.5. The van der Waals surface area contributed by atoms with Gasteiger partial charge in [0.25, 0.3) is 0 Å². The normalized spacial score (nSPS) is 20.6. The lowest BCUT2D eigenvalue weighted by atomic mass is 9.99. The maximum absolute atomic E-state index is 12.8. The van der Waals surface area contributed by atoms with Crippen molar-refractivity contribution in [2.24, 2.45) is 0 Å². The molecule has 0 aliphatic carbocycles. The molecule has 0 radical (unpaired) electrons. The van der Waals surface area contributed by atoms with Crippen molar-refractivity contribution in [2.75, 3.05) is 26.4 Å². The number of hydrogen-bond donors (Lipinski definition) is 4. The molecular formula is C53H88O9. The summed E-state index contributed by atoms with van der Waals surface area (Å²) in [5.41, 5.74) is 0. The molecule has 1 heterocycles. The molecule has 1 rings (SSSR count). The van der Waals surface area contributed by atoms with Crippen molar-refractivity contribution in [3.63, 3.8) is 0 Å². The van der Waals surface area contributed by atoms with Crippen LogP contribution in [0, 0.1) is 0 Å². The summed E-state index contributed by atoms with van der Waals surface area (Å²) in [6, 6.07) is 0. The predicted octanol–water partition coefficient (Wildman–Crippen LogP) is 11.6. The third kappa shape index (κ3) is 33.6. The molecule has 354 valence electrons. The molecule has 0 spiro atoms. The van der Waals surface area contributed by atoms with E-state index in [0.29, 0.717) is 13.0 Å². The standard InChI is InChI=1S/C53H88O9/c1-3-5-7-9-11-13-15-17-19-21-23-24-25-26-28-30-32-34-36-38-40-42-49(55)61-47(46-60-53-52(58)51(57)50(56)48(44-54)62-53)45-59-43-41-39-37-35-33-31-29-27-22-20-18-16-14-12-10-8-6-4-2/h5-8,11-14,17-20,23-24,27,29,47-48,50-54,56-58H,3-4,9-10,15-16,21-22,25-26,28,30-46H2,1-2H3/b7-5-,8-6-,13-11-,14-12-,19-17-,20-18-,24-23-,29-27-. The van der Waals surface area contributed by atoms with E-state index in [4.69, 9.17) is 18.9 Å². The monoisotopic (exact) mass is 869 g/mol. The summed E-state index contributed by atoms with van der Waals surface area (Å²) < 4.78 is 22.8. The number of rotatable bonds is 40. The lowest BCUT2D eigenvalue weighted by molar-refractivity contribution is -0.305. The fraction of sp³-hybridized carbons (Fsp3) is 0.679. The Kier molecular flexibility index (Phi) is 40.0. The number of unbranched alkanes of at least 4 members (excludes halogenated alkanes) is 13. The minimum absolute atomic E-state index is 0.122. The molecule has 62 heavy (non-hydrogen) atoms. The topological polar surface area (TPSA) is 135 Å². The molecule has 4 N–H and O–H groups in total. The highest BCUT2D eigenvalue weighted by molar-refractivity contribution is 5.69. The number of aliphatic hydroxyl groups excluding tert-OH is 4. The molecular weight excluding hydrogens is 781 g/mol. The van der Waals surface area contributed by atoms with Gasteiger partial charge in [-0.1, -0.05) is 169 Å². The number of aliphatic hydroxyl groups is 4. The molecule has 0 amide bonds. The number of carbonyl (C=O) groups is 1. The maximum atomic E-state index is 12.8. The first kappa shape index (κ1) is 57.1. The quantitative estimate of drug-likeness (QED) is 0.0270. The summed E-state index contributed by atoms with van der Waals surface area (Å²) >= 11 is 0. The van der Waals surface area contributed by atoms with E-state index in [2.05, 4.69) is 111 Å². The highest BCUT2D eigenvalue weighted by atomic mass is 16.7. The van der Waals surface area contributed by atoms with Crippen LogP contribution in [0.4, 0.5) is 0 Å². The van der Waals surface area contributed by atoms with Gasteiger partial charge in [-0.2, -0.15) is 0 Å². The summed E-state index contributed by atoms with van der Waals surface area (Å²) in [4.78, 5) is 12.8. The van der Waals surface area contributed by atoms with Gasteiger partial charge < -0.3 is 39.4 Å². The zero-order chi connectivity index (χ0) is 45.0. The van der Waals surface area contributed by atoms with Crippen LogP contribution in [0.3, 0.4) is 0 Å². The molecule has 1 saturated heterocycles. The van der Waals surface area contributed by atoms with E-state index in [0.717, 1.165) is 122 Å². The molecule has 6 atom stereocenters. The molecule has 0 saturated carbocycles. The Bertz CT molecular complexity index is 1260. The number of esters is 1. The Hall–Kier alpha value is -2.89. The number of ether oxygens (including phenoxy) is 4. The van der Waals surface area contributed by atoms with Crippen LogP contribution in [-0.2, 0) is 23.7 Å². The first-order valence-electron chi connectivity index (χ1n) is 24.3. The second-order valence-corrected chi connectivity index (χ2v) is 16.1. The minimum atomic E-state index is -1.55. The van der Waals surface area contributed by atoms with Gasteiger partial charge in [-0.3, -0.25) is 4.79 Å². The molecule has 0 bridgehead atoms. The highest BCUT2D eigenvalue weighted by Gasteiger charge is 2.44. The van der Waals surface area contributed by atoms with Crippen LogP contribution in [0.15, 0.2) is 97.2 Å². The SMILES string of the molecule is CC/C=C\C/C=C\C/C=C\C/C=C\CCCCCCCCCCC(=O)OC(COCCCCCCC/C=C\C/C=C\C/C=C\C/C=C\CC)COC1OC(CO)C(O)C(O)C1O. The van der Waals surface area contributed by atoms with Crippen molar-refractivity contribution in [3.05, 3.63) is 97.2 Å². The molecule has 1 aliphatic rings. The molecule has 1 fully saturated rings. The predicted molar refractivity (Wildman–Crippen MR) is 256 cm³/mol. The van der Waals surface area contributed by atoms with Gasteiger partial charge in [0.15, 0.2) is 6.29 Å². The van der Waals surface area contributed by atoms with E-state index < -0.39 is 43.4 Å².